The molecule has 0 bridgehead atoms. The third-order valence-corrected chi connectivity index (χ3v) is 2.72. The molecule has 0 aliphatic rings. The molecule has 0 saturated heterocycles. The number of aromatic nitrogens is 2. The molecular formula is C12H9ClN2O4. The average molecular weight is 281 g/mol. The maximum atomic E-state index is 11.3. The minimum atomic E-state index is -1.37. The quantitative estimate of drug-likeness (QED) is 0.923. The lowest BCUT2D eigenvalue weighted by Crippen LogP contribution is -2.20. The first-order valence-electron chi connectivity index (χ1n) is 5.20. The van der Waals surface area contributed by atoms with Crippen molar-refractivity contribution >= 4 is 17.6 Å². The lowest BCUT2D eigenvalue weighted by molar-refractivity contribution is 0.0687. The van der Waals surface area contributed by atoms with Crippen LogP contribution in [0.1, 0.15) is 10.5 Å². The first kappa shape index (κ1) is 13.1. The summed E-state index contributed by atoms with van der Waals surface area (Å²) < 4.78 is 6.32. The molecule has 2 rings (SSSR count). The van der Waals surface area contributed by atoms with E-state index in [-0.39, 0.29) is 0 Å². The Morgan fingerprint density at radius 3 is 2.79 bits per heavy atom. The van der Waals surface area contributed by atoms with Gasteiger partial charge in [-0.3, -0.25) is 4.79 Å². The van der Waals surface area contributed by atoms with Crippen molar-refractivity contribution < 1.29 is 14.6 Å². The first-order valence-corrected chi connectivity index (χ1v) is 5.58. The Morgan fingerprint density at radius 1 is 1.42 bits per heavy atom. The third-order valence-electron chi connectivity index (χ3n) is 2.41. The standard InChI is InChI=1S/C12H9ClN2O4/c1-19-10-6-7(2-3-8(10)13)15-5-4-9(16)11(14-15)12(17)18/h2-6H,1H3,(H,17,18). The van der Waals surface area contributed by atoms with Crippen LogP contribution in [-0.4, -0.2) is 28.0 Å². The van der Waals surface area contributed by atoms with Crippen molar-refractivity contribution in [2.45, 2.75) is 0 Å². The van der Waals surface area contributed by atoms with Gasteiger partial charge in [0, 0.05) is 18.3 Å². The largest absolute Gasteiger partial charge is 0.495 e. The van der Waals surface area contributed by atoms with Crippen LogP contribution in [0.3, 0.4) is 0 Å². The topological polar surface area (TPSA) is 81.4 Å². The second-order valence-electron chi connectivity index (χ2n) is 3.60. The summed E-state index contributed by atoms with van der Waals surface area (Å²) in [4.78, 5) is 22.2. The normalized spacial score (nSPS) is 10.2. The molecule has 98 valence electrons. The zero-order valence-electron chi connectivity index (χ0n) is 9.83. The zero-order chi connectivity index (χ0) is 14.0. The van der Waals surface area contributed by atoms with Gasteiger partial charge in [0.1, 0.15) is 5.75 Å². The van der Waals surface area contributed by atoms with Crippen LogP contribution >= 0.6 is 11.6 Å². The number of hydrogen-bond acceptors (Lipinski definition) is 4. The SMILES string of the molecule is COc1cc(-n2ccc(=O)c(C(=O)O)n2)ccc1Cl. The molecule has 1 aromatic heterocycles. The monoisotopic (exact) mass is 280 g/mol. The van der Waals surface area contributed by atoms with E-state index in [1.807, 2.05) is 0 Å². The van der Waals surface area contributed by atoms with Gasteiger partial charge in [-0.25, -0.2) is 9.48 Å². The molecule has 1 N–H and O–H groups in total. The van der Waals surface area contributed by atoms with Gasteiger partial charge in [0.25, 0.3) is 0 Å². The minimum Gasteiger partial charge on any atom is -0.495 e. The van der Waals surface area contributed by atoms with Crippen LogP contribution in [-0.2, 0) is 0 Å². The van der Waals surface area contributed by atoms with Gasteiger partial charge in [-0.05, 0) is 12.1 Å². The summed E-state index contributed by atoms with van der Waals surface area (Å²) in [5.41, 5.74) is -0.662. The molecule has 0 radical (unpaired) electrons. The summed E-state index contributed by atoms with van der Waals surface area (Å²) in [6.07, 6.45) is 1.37. The summed E-state index contributed by atoms with van der Waals surface area (Å²) in [6.45, 7) is 0. The maximum absolute atomic E-state index is 11.3. The summed E-state index contributed by atoms with van der Waals surface area (Å²) >= 11 is 5.89. The Hall–Kier alpha value is -2.34. The number of hydrogen-bond donors (Lipinski definition) is 1. The zero-order valence-corrected chi connectivity index (χ0v) is 10.6. The van der Waals surface area contributed by atoms with Gasteiger partial charge in [0.15, 0.2) is 0 Å². The van der Waals surface area contributed by atoms with Crippen LogP contribution in [0.4, 0.5) is 0 Å². The van der Waals surface area contributed by atoms with Crippen molar-refractivity contribution in [1.29, 1.82) is 0 Å². The Labute approximate surface area is 112 Å². The number of carbonyl (C=O) groups is 1. The van der Waals surface area contributed by atoms with Crippen LogP contribution in [0.5, 0.6) is 5.75 Å². The number of rotatable bonds is 3. The molecule has 0 aliphatic heterocycles. The van der Waals surface area contributed by atoms with Crippen molar-refractivity contribution in [3.63, 3.8) is 0 Å². The molecule has 0 spiro atoms. The second kappa shape index (κ2) is 5.11. The number of carboxylic acid groups (broad SMARTS) is 1. The van der Waals surface area contributed by atoms with Gasteiger partial charge in [-0.15, -0.1) is 0 Å². The van der Waals surface area contributed by atoms with Crippen LogP contribution in [0.2, 0.25) is 5.02 Å². The lowest BCUT2D eigenvalue weighted by atomic mass is 10.3. The van der Waals surface area contributed by atoms with Crippen LogP contribution < -0.4 is 10.2 Å². The van der Waals surface area contributed by atoms with E-state index in [9.17, 15) is 9.59 Å². The summed E-state index contributed by atoms with van der Waals surface area (Å²) in [5, 5.41) is 13.0. The number of nitrogens with zero attached hydrogens (tertiary/aromatic N) is 2. The van der Waals surface area contributed by atoms with Gasteiger partial charge >= 0.3 is 5.97 Å². The molecule has 2 aromatic rings. The lowest BCUT2D eigenvalue weighted by Gasteiger charge is -2.08. The van der Waals surface area contributed by atoms with Crippen LogP contribution in [0, 0.1) is 0 Å². The van der Waals surface area contributed by atoms with Gasteiger partial charge in [0.05, 0.1) is 17.8 Å². The highest BCUT2D eigenvalue weighted by atomic mass is 35.5. The molecule has 0 saturated carbocycles. The molecule has 0 amide bonds. The van der Waals surface area contributed by atoms with E-state index in [1.165, 1.54) is 18.0 Å². The van der Waals surface area contributed by atoms with E-state index < -0.39 is 17.1 Å². The molecule has 1 heterocycles. The fourth-order valence-electron chi connectivity index (χ4n) is 1.49. The number of methoxy groups -OCH3 is 1. The highest BCUT2D eigenvalue weighted by Gasteiger charge is 2.12. The van der Waals surface area contributed by atoms with E-state index in [0.717, 1.165) is 6.07 Å². The molecule has 19 heavy (non-hydrogen) atoms. The van der Waals surface area contributed by atoms with Crippen molar-refractivity contribution in [1.82, 2.24) is 9.78 Å². The summed E-state index contributed by atoms with van der Waals surface area (Å²) in [7, 11) is 1.46. The third kappa shape index (κ3) is 2.58. The first-order chi connectivity index (χ1) is 9.02. The molecule has 0 aliphatic carbocycles. The van der Waals surface area contributed by atoms with Crippen LogP contribution in [0.25, 0.3) is 5.69 Å². The van der Waals surface area contributed by atoms with Gasteiger partial charge in [0.2, 0.25) is 11.1 Å². The van der Waals surface area contributed by atoms with Crippen molar-refractivity contribution in [3.05, 3.63) is 51.4 Å². The number of ether oxygens (including phenoxy) is 1. The van der Waals surface area contributed by atoms with Gasteiger partial charge in [-0.2, -0.15) is 5.10 Å². The number of halogens is 1. The van der Waals surface area contributed by atoms with Crippen LogP contribution in [0.15, 0.2) is 35.3 Å². The Kier molecular flexibility index (Phi) is 3.52. The molecule has 0 atom stereocenters. The highest BCUT2D eigenvalue weighted by molar-refractivity contribution is 6.32. The fraction of sp³-hybridized carbons (Fsp3) is 0.0833. The minimum absolute atomic E-state index is 0.422. The Bertz CT molecular complexity index is 696. The van der Waals surface area contributed by atoms with E-state index in [0.29, 0.717) is 16.5 Å². The maximum Gasteiger partial charge on any atom is 0.360 e. The molecule has 7 heteroatoms. The Morgan fingerprint density at radius 2 is 2.16 bits per heavy atom. The van der Waals surface area contributed by atoms with E-state index in [4.69, 9.17) is 21.4 Å². The van der Waals surface area contributed by atoms with E-state index >= 15 is 0 Å². The Balaban J connectivity index is 2.56. The van der Waals surface area contributed by atoms with E-state index in [2.05, 4.69) is 5.10 Å². The van der Waals surface area contributed by atoms with Gasteiger partial charge in [-0.1, -0.05) is 11.6 Å². The number of benzene rings is 1. The smallest absolute Gasteiger partial charge is 0.360 e. The average Bonchev–Trinajstić information content (AvgIpc) is 2.39. The number of carboxylic acids is 1. The van der Waals surface area contributed by atoms with Crippen molar-refractivity contribution in [2.75, 3.05) is 7.11 Å². The van der Waals surface area contributed by atoms with Crippen molar-refractivity contribution in [2.24, 2.45) is 0 Å². The molecule has 0 fully saturated rings. The van der Waals surface area contributed by atoms with E-state index in [1.54, 1.807) is 18.2 Å². The summed E-state index contributed by atoms with van der Waals surface area (Å²) in [5.74, 6) is -0.947. The second-order valence-corrected chi connectivity index (χ2v) is 4.00. The fourth-order valence-corrected chi connectivity index (χ4v) is 1.69. The predicted molar refractivity (Wildman–Crippen MR) is 68.4 cm³/mol. The molecule has 6 nitrogen and oxygen atoms in total. The molecule has 0 unspecified atom stereocenters. The highest BCUT2D eigenvalue weighted by Crippen LogP contribution is 2.26. The summed E-state index contributed by atoms with van der Waals surface area (Å²) in [6, 6.07) is 5.95. The predicted octanol–water partition coefficient (Wildman–Crippen LogP) is 1.59. The molecular weight excluding hydrogens is 272 g/mol. The molecule has 1 aromatic carbocycles. The van der Waals surface area contributed by atoms with Gasteiger partial charge < -0.3 is 9.84 Å². The van der Waals surface area contributed by atoms with Crippen molar-refractivity contribution in [3.8, 4) is 11.4 Å². The number of aromatic carboxylic acids is 1.